The summed E-state index contributed by atoms with van der Waals surface area (Å²) in [5, 5.41) is 20.8. The van der Waals surface area contributed by atoms with Gasteiger partial charge >= 0.3 is 0 Å². The third-order valence-corrected chi connectivity index (χ3v) is 10.3. The second kappa shape index (κ2) is 7.02. The minimum Gasteiger partial charge on any atom is -0.466 e. The highest BCUT2D eigenvalue weighted by Gasteiger charge is 2.78. The van der Waals surface area contributed by atoms with Gasteiger partial charge in [0.25, 0.3) is 0 Å². The van der Waals surface area contributed by atoms with Crippen LogP contribution in [-0.2, 0) is 14.2 Å². The minimum absolute atomic E-state index is 0.0836. The Morgan fingerprint density at radius 2 is 1.94 bits per heavy atom. The summed E-state index contributed by atoms with van der Waals surface area (Å²) in [7, 11) is 3.21. The third kappa shape index (κ3) is 2.51. The molecule has 3 unspecified atom stereocenters. The van der Waals surface area contributed by atoms with Gasteiger partial charge in [0.15, 0.2) is 11.5 Å². The number of nitrogens with zero attached hydrogens (tertiary/aromatic N) is 1. The van der Waals surface area contributed by atoms with Gasteiger partial charge in [0.05, 0.1) is 12.1 Å². The maximum Gasteiger partial charge on any atom is 0.235 e. The largest absolute Gasteiger partial charge is 0.466 e. The van der Waals surface area contributed by atoms with Crippen LogP contribution in [0, 0.1) is 28.6 Å². The Balaban J connectivity index is 1.58. The molecular weight excluding hydrogens is 394 g/mol. The van der Waals surface area contributed by atoms with Gasteiger partial charge in [0.1, 0.15) is 6.61 Å². The van der Waals surface area contributed by atoms with Gasteiger partial charge < -0.3 is 24.4 Å². The zero-order chi connectivity index (χ0) is 22.2. The van der Waals surface area contributed by atoms with Crippen molar-refractivity contribution in [3.63, 3.8) is 0 Å². The van der Waals surface area contributed by atoms with Crippen LogP contribution >= 0.6 is 0 Å². The van der Waals surface area contributed by atoms with Crippen molar-refractivity contribution in [3.8, 4) is 0 Å². The monoisotopic (exact) mass is 433 g/mol. The Labute approximate surface area is 186 Å². The Morgan fingerprint density at radius 1 is 1.19 bits per heavy atom. The summed E-state index contributed by atoms with van der Waals surface area (Å²) in [5.41, 5.74) is 0.619. The van der Waals surface area contributed by atoms with Crippen molar-refractivity contribution in [2.75, 3.05) is 20.8 Å². The lowest BCUT2D eigenvalue weighted by atomic mass is 9.46. The normalized spacial score (nSPS) is 48.7. The average molecular weight is 434 g/mol. The van der Waals surface area contributed by atoms with Crippen LogP contribution < -0.4 is 0 Å². The molecule has 1 aliphatic heterocycles. The number of ether oxygens (including phenoxy) is 3. The number of aliphatic hydroxyl groups excluding tert-OH is 2. The highest BCUT2D eigenvalue weighted by atomic mass is 16.7. The summed E-state index contributed by atoms with van der Waals surface area (Å²) in [6, 6.07) is -0.0836. The second-order valence-electron chi connectivity index (χ2n) is 11.2. The number of rotatable bonds is 4. The third-order valence-electron chi connectivity index (χ3n) is 10.3. The van der Waals surface area contributed by atoms with E-state index < -0.39 is 11.4 Å². The van der Waals surface area contributed by atoms with Crippen molar-refractivity contribution in [1.29, 1.82) is 0 Å². The maximum absolute atomic E-state index is 10.5. The molecule has 8 atom stereocenters. The van der Waals surface area contributed by atoms with Crippen molar-refractivity contribution in [2.24, 2.45) is 33.6 Å². The van der Waals surface area contributed by atoms with Gasteiger partial charge in [-0.2, -0.15) is 0 Å². The lowest BCUT2D eigenvalue weighted by Gasteiger charge is -2.61. The van der Waals surface area contributed by atoms with E-state index in [4.69, 9.17) is 19.2 Å². The smallest absolute Gasteiger partial charge is 0.235 e. The molecule has 6 nitrogen and oxygen atoms in total. The van der Waals surface area contributed by atoms with Gasteiger partial charge in [0.2, 0.25) is 5.79 Å². The number of hydrogen-bond donors (Lipinski definition) is 2. The van der Waals surface area contributed by atoms with Gasteiger partial charge in [-0.25, -0.2) is 4.99 Å². The van der Waals surface area contributed by atoms with E-state index in [0.29, 0.717) is 23.7 Å². The number of methoxy groups -OCH3 is 2. The molecule has 5 rings (SSSR count). The summed E-state index contributed by atoms with van der Waals surface area (Å²) >= 11 is 0. The number of fused-ring (bicyclic) bond motifs is 7. The number of hydrogen-bond acceptors (Lipinski definition) is 6. The molecule has 5 aliphatic rings. The van der Waals surface area contributed by atoms with Gasteiger partial charge in [-0.15, -0.1) is 0 Å². The van der Waals surface area contributed by atoms with Crippen LogP contribution in [0.4, 0.5) is 0 Å². The van der Waals surface area contributed by atoms with Gasteiger partial charge in [-0.3, -0.25) is 0 Å². The van der Waals surface area contributed by atoms with Crippen LogP contribution in [0.25, 0.3) is 0 Å². The zero-order valence-corrected chi connectivity index (χ0v) is 19.7. The Bertz CT molecular complexity index is 797. The highest BCUT2D eigenvalue weighted by Crippen LogP contribution is 2.71. The summed E-state index contributed by atoms with van der Waals surface area (Å²) < 4.78 is 18.5. The summed E-state index contributed by atoms with van der Waals surface area (Å²) in [4.78, 5) is 4.92. The quantitative estimate of drug-likeness (QED) is 0.524. The van der Waals surface area contributed by atoms with Crippen LogP contribution in [0.2, 0.25) is 0 Å². The molecule has 0 spiro atoms. The first kappa shape index (κ1) is 21.9. The minimum atomic E-state index is -1.25. The molecule has 0 aromatic heterocycles. The first-order valence-electron chi connectivity index (χ1n) is 12.0. The molecule has 0 aromatic rings. The second-order valence-corrected chi connectivity index (χ2v) is 11.2. The van der Waals surface area contributed by atoms with Crippen molar-refractivity contribution < 1.29 is 24.4 Å². The maximum atomic E-state index is 10.5. The lowest BCUT2D eigenvalue weighted by molar-refractivity contribution is -0.337. The van der Waals surface area contributed by atoms with E-state index in [1.165, 1.54) is 5.57 Å². The lowest BCUT2D eigenvalue weighted by Crippen LogP contribution is -2.70. The Morgan fingerprint density at radius 3 is 2.61 bits per heavy atom. The zero-order valence-electron chi connectivity index (χ0n) is 19.7. The van der Waals surface area contributed by atoms with Crippen molar-refractivity contribution in [3.05, 3.63) is 11.6 Å². The molecule has 3 fully saturated rings. The molecule has 6 heteroatoms. The molecule has 0 aromatic carbocycles. The van der Waals surface area contributed by atoms with Crippen molar-refractivity contribution >= 4 is 5.90 Å². The van der Waals surface area contributed by atoms with E-state index in [1.54, 1.807) is 14.2 Å². The van der Waals surface area contributed by atoms with E-state index in [2.05, 4.69) is 19.9 Å². The van der Waals surface area contributed by atoms with E-state index in [1.807, 2.05) is 6.92 Å². The van der Waals surface area contributed by atoms with E-state index >= 15 is 0 Å². The molecular formula is C25H39NO5. The molecule has 0 amide bonds. The molecule has 4 aliphatic carbocycles. The molecule has 0 bridgehead atoms. The molecule has 0 radical (unpaired) electrons. The molecule has 0 saturated heterocycles. The standard InChI is InChI=1S/C25H39NO5/c1-15-26-21-13-20-18-7-6-16-12-17(28)8-10-22(16,2)19(18)9-11-23(20,3)25(21,31-15)24(14-27,29-4)30-5/h6,17-21,27-28H,7-14H2,1-5H3/t17-,18?,19?,20?,21+,22-,23-,25+/m0/s1. The fraction of sp³-hybridized carbons (Fsp3) is 0.880. The van der Waals surface area contributed by atoms with Crippen LogP contribution in [-0.4, -0.2) is 60.5 Å². The summed E-state index contributed by atoms with van der Waals surface area (Å²) in [5.74, 6) is 1.01. The summed E-state index contributed by atoms with van der Waals surface area (Å²) in [6.07, 6.45) is 9.18. The fourth-order valence-electron chi connectivity index (χ4n) is 8.85. The van der Waals surface area contributed by atoms with Crippen LogP contribution in [0.5, 0.6) is 0 Å². The first-order valence-corrected chi connectivity index (χ1v) is 12.0. The van der Waals surface area contributed by atoms with Crippen LogP contribution in [0.15, 0.2) is 16.6 Å². The number of aliphatic imine (C=N–C) groups is 1. The SMILES string of the molecule is COC(CO)(OC)[C@@]12OC(C)=N[C@@H]1CC1C3CC=C4C[C@@H](O)CC[C@]4(C)C3CC[C@@]12C. The van der Waals surface area contributed by atoms with Crippen molar-refractivity contribution in [1.82, 2.24) is 0 Å². The van der Waals surface area contributed by atoms with E-state index in [-0.39, 0.29) is 29.6 Å². The number of aliphatic hydroxyl groups is 2. The molecule has 1 heterocycles. The molecule has 31 heavy (non-hydrogen) atoms. The van der Waals surface area contributed by atoms with Gasteiger partial charge in [-0.1, -0.05) is 25.5 Å². The Hall–Kier alpha value is -0.950. The molecule has 2 N–H and O–H groups in total. The van der Waals surface area contributed by atoms with E-state index in [0.717, 1.165) is 44.9 Å². The van der Waals surface area contributed by atoms with Gasteiger partial charge in [-0.05, 0) is 68.1 Å². The molecule has 3 saturated carbocycles. The van der Waals surface area contributed by atoms with E-state index in [9.17, 15) is 10.2 Å². The van der Waals surface area contributed by atoms with Crippen LogP contribution in [0.3, 0.4) is 0 Å². The van der Waals surface area contributed by atoms with Crippen LogP contribution in [0.1, 0.15) is 65.7 Å². The van der Waals surface area contributed by atoms with Crippen molar-refractivity contribution in [2.45, 2.75) is 89.3 Å². The predicted molar refractivity (Wildman–Crippen MR) is 118 cm³/mol. The first-order chi connectivity index (χ1) is 14.7. The average Bonchev–Trinajstić information content (AvgIpc) is 3.21. The molecule has 174 valence electrons. The fourth-order valence-corrected chi connectivity index (χ4v) is 8.85. The Kier molecular flexibility index (Phi) is 4.95. The predicted octanol–water partition coefficient (Wildman–Crippen LogP) is 3.46. The van der Waals surface area contributed by atoms with Gasteiger partial charge in [0, 0.05) is 26.6 Å². The topological polar surface area (TPSA) is 80.5 Å². The number of allylic oxidation sites excluding steroid dienone is 1. The highest BCUT2D eigenvalue weighted by molar-refractivity contribution is 5.76. The summed E-state index contributed by atoms with van der Waals surface area (Å²) in [6.45, 7) is 6.41.